The summed E-state index contributed by atoms with van der Waals surface area (Å²) in [5, 5.41) is 11.8. The van der Waals surface area contributed by atoms with Gasteiger partial charge in [-0.3, -0.25) is 9.59 Å². The molecule has 9 nitrogen and oxygen atoms in total. The molecule has 0 saturated carbocycles. The Morgan fingerprint density at radius 2 is 0.675 bits per heavy atom. The number of rotatable bonds is 54. The quantitative estimate of drug-likeness (QED) is 0.0195. The predicted molar refractivity (Wildman–Crippen MR) is 351 cm³/mol. The second-order valence-electron chi connectivity index (χ2n) is 20.9. The van der Waals surface area contributed by atoms with Crippen molar-refractivity contribution in [3.05, 3.63) is 207 Å². The van der Waals surface area contributed by atoms with Gasteiger partial charge in [-0.25, -0.2) is 0 Å². The summed E-state index contributed by atoms with van der Waals surface area (Å²) in [5.74, 6) is -2.45. The zero-order chi connectivity index (χ0) is 60.5. The van der Waals surface area contributed by atoms with Crippen molar-refractivity contribution in [2.45, 2.75) is 193 Å². The van der Waals surface area contributed by atoms with Gasteiger partial charge in [-0.05, 0) is 135 Å². The third-order valence-electron chi connectivity index (χ3n) is 12.0. The number of aliphatic carboxylic acids is 1. The van der Waals surface area contributed by atoms with Crippen LogP contribution in [-0.2, 0) is 33.3 Å². The number of hydrogen-bond acceptors (Lipinski definition) is 8. The Morgan fingerprint density at radius 1 is 0.361 bits per heavy atom. The van der Waals surface area contributed by atoms with E-state index in [1.165, 1.54) is 0 Å². The van der Waals surface area contributed by atoms with Gasteiger partial charge in [-0.1, -0.05) is 240 Å². The highest BCUT2D eigenvalue weighted by Gasteiger charge is 2.21. The van der Waals surface area contributed by atoms with Crippen molar-refractivity contribution in [3.8, 4) is 0 Å². The van der Waals surface area contributed by atoms with Crippen LogP contribution >= 0.6 is 0 Å². The number of likely N-dealkylation sites (N-methyl/N-ethyl adjacent to an activating group) is 1. The number of carboxylic acid groups (broad SMARTS) is 1. The molecule has 0 aromatic rings. The fraction of sp³-hybridized carbons (Fsp3) is 0.500. The Morgan fingerprint density at radius 3 is 1.01 bits per heavy atom. The topological polar surface area (TPSA) is 111 Å². The Kier molecular flexibility index (Phi) is 57.4. The van der Waals surface area contributed by atoms with Crippen LogP contribution in [0.3, 0.4) is 0 Å². The molecular weight excluding hydrogens is 1030 g/mol. The summed E-state index contributed by atoms with van der Waals surface area (Å²) in [5.41, 5.74) is 0. The Balaban J connectivity index is 4.35. The van der Waals surface area contributed by atoms with Gasteiger partial charge >= 0.3 is 11.9 Å². The minimum Gasteiger partial charge on any atom is -0.545 e. The standard InChI is InChI=1S/C74H111NO8/c1-6-8-10-12-14-16-18-20-22-24-26-27-28-29-30-31-32-33-34-35-36-37-38-39-40-41-42-43-44-45-47-49-51-53-55-57-59-61-63-65-72(77)83-70(69-82-74(73(78)79)80-67-66-75(3,4)5)68-81-71(76)64-62-60-58-56-54-52-50-48-46-25-23-21-19-17-15-13-11-9-7-2/h8-11,14-17,20-23,26-27,29-30,32-33,35-36,38-39,41-42,44-46,48-49,51-52,54,58,60,70,74H,6-7,12-13,18-19,24-25,28,31,34,37,40,43,47,50,53,55-57,59,61-69H2,1-5H3/b10-8-,11-9-,16-14-,17-15-,22-20-,23-21-,27-26-,30-29-,33-32-,36-35-,39-38-,42-41-,45-44-,48-46-,51-49-,54-52-,60-58-. The molecule has 0 aromatic heterocycles. The van der Waals surface area contributed by atoms with E-state index in [4.69, 9.17) is 18.9 Å². The summed E-state index contributed by atoms with van der Waals surface area (Å²) in [4.78, 5) is 37.3. The molecule has 0 amide bonds. The van der Waals surface area contributed by atoms with Gasteiger partial charge < -0.3 is 33.3 Å². The maximum absolute atomic E-state index is 12.9. The van der Waals surface area contributed by atoms with E-state index in [2.05, 4.69) is 208 Å². The highest BCUT2D eigenvalue weighted by molar-refractivity contribution is 5.70. The van der Waals surface area contributed by atoms with Gasteiger partial charge in [-0.2, -0.15) is 0 Å². The maximum atomic E-state index is 12.9. The first-order chi connectivity index (χ1) is 40.6. The van der Waals surface area contributed by atoms with E-state index in [-0.39, 0.29) is 32.7 Å². The van der Waals surface area contributed by atoms with Crippen LogP contribution in [0.25, 0.3) is 0 Å². The summed E-state index contributed by atoms with van der Waals surface area (Å²) in [6.45, 7) is 4.36. The number of carbonyl (C=O) groups excluding carboxylic acids is 3. The lowest BCUT2D eigenvalue weighted by molar-refractivity contribution is -0.870. The monoisotopic (exact) mass is 1140 g/mol. The number of nitrogens with zero attached hydrogens (tertiary/aromatic N) is 1. The lowest BCUT2D eigenvalue weighted by Gasteiger charge is -2.26. The molecule has 2 unspecified atom stereocenters. The molecule has 460 valence electrons. The van der Waals surface area contributed by atoms with Crippen LogP contribution in [0, 0.1) is 0 Å². The number of carbonyl (C=O) groups is 3. The van der Waals surface area contributed by atoms with Crippen molar-refractivity contribution in [2.75, 3.05) is 47.5 Å². The molecule has 83 heavy (non-hydrogen) atoms. The zero-order valence-electron chi connectivity index (χ0n) is 52.2. The number of esters is 2. The zero-order valence-corrected chi connectivity index (χ0v) is 52.2. The van der Waals surface area contributed by atoms with Crippen LogP contribution in [0.5, 0.6) is 0 Å². The molecule has 0 aliphatic heterocycles. The number of quaternary nitrogens is 1. The SMILES string of the molecule is CC/C=C\C/C=C\C/C=C\C/C=C\C/C=C\C/C=C\C/C=C\C/C=C\C/C=C\C/C=C\C/C=C\CCCCCCCC(=O)OC(COC(=O)CC/C=C\C/C=C\C/C=C\C/C=C\C/C=C\C/C=C\CC)COC(OCC[N+](C)(C)C)C(=O)[O-]. The number of hydrogen-bond donors (Lipinski definition) is 0. The molecule has 0 aromatic carbocycles. The summed E-state index contributed by atoms with van der Waals surface area (Å²) in [6, 6.07) is 0. The first-order valence-corrected chi connectivity index (χ1v) is 31.2. The first kappa shape index (κ1) is 76.9. The lowest BCUT2D eigenvalue weighted by Crippen LogP contribution is -2.44. The van der Waals surface area contributed by atoms with E-state index in [0.717, 1.165) is 141 Å². The minimum absolute atomic E-state index is 0.120. The second-order valence-corrected chi connectivity index (χ2v) is 20.9. The molecule has 2 atom stereocenters. The summed E-state index contributed by atoms with van der Waals surface area (Å²) in [6.07, 6.45) is 94.8. The normalized spacial score (nSPS) is 14.2. The Bertz CT molecular complexity index is 2110. The molecule has 0 rings (SSSR count). The van der Waals surface area contributed by atoms with Gasteiger partial charge in [0.1, 0.15) is 13.2 Å². The average Bonchev–Trinajstić information content (AvgIpc) is 3.46. The number of ether oxygens (including phenoxy) is 4. The van der Waals surface area contributed by atoms with E-state index in [9.17, 15) is 19.5 Å². The van der Waals surface area contributed by atoms with Gasteiger partial charge in [-0.15, -0.1) is 0 Å². The van der Waals surface area contributed by atoms with Crippen molar-refractivity contribution < 1.29 is 42.9 Å². The molecule has 0 radical (unpaired) electrons. The lowest BCUT2D eigenvalue weighted by atomic mass is 10.1. The fourth-order valence-electron chi connectivity index (χ4n) is 7.33. The van der Waals surface area contributed by atoms with Crippen LogP contribution in [0.2, 0.25) is 0 Å². The number of carboxylic acids is 1. The second kappa shape index (κ2) is 61.9. The molecule has 0 aliphatic rings. The molecule has 0 aliphatic carbocycles. The molecule has 0 fully saturated rings. The van der Waals surface area contributed by atoms with Crippen LogP contribution < -0.4 is 5.11 Å². The van der Waals surface area contributed by atoms with Crippen molar-refractivity contribution in [1.29, 1.82) is 0 Å². The van der Waals surface area contributed by atoms with Gasteiger partial charge in [0.05, 0.1) is 40.3 Å². The van der Waals surface area contributed by atoms with Crippen LogP contribution in [0.1, 0.15) is 181 Å². The number of allylic oxidation sites excluding steroid dienone is 34. The van der Waals surface area contributed by atoms with Crippen molar-refractivity contribution in [1.82, 2.24) is 0 Å². The van der Waals surface area contributed by atoms with E-state index in [1.807, 2.05) is 33.3 Å². The summed E-state index contributed by atoms with van der Waals surface area (Å²) >= 11 is 0. The molecule has 0 saturated heterocycles. The van der Waals surface area contributed by atoms with Gasteiger partial charge in [0, 0.05) is 12.8 Å². The molecule has 0 bridgehead atoms. The van der Waals surface area contributed by atoms with E-state index >= 15 is 0 Å². The predicted octanol–water partition coefficient (Wildman–Crippen LogP) is 17.9. The molecular formula is C74H111NO8. The smallest absolute Gasteiger partial charge is 0.306 e. The average molecular weight is 1140 g/mol. The van der Waals surface area contributed by atoms with Gasteiger partial charge in [0.25, 0.3) is 0 Å². The Labute approximate surface area is 505 Å². The molecule has 0 N–H and O–H groups in total. The summed E-state index contributed by atoms with van der Waals surface area (Å²) < 4.78 is 22.6. The Hall–Kier alpha value is -6.13. The number of unbranched alkanes of at least 4 members (excludes halogenated alkanes) is 5. The molecule has 0 heterocycles. The molecule has 9 heteroatoms. The van der Waals surface area contributed by atoms with Gasteiger partial charge in [0.2, 0.25) is 0 Å². The summed E-state index contributed by atoms with van der Waals surface area (Å²) in [7, 11) is 5.87. The van der Waals surface area contributed by atoms with Gasteiger partial charge in [0.15, 0.2) is 12.4 Å². The van der Waals surface area contributed by atoms with Crippen LogP contribution in [0.4, 0.5) is 0 Å². The van der Waals surface area contributed by atoms with Crippen LogP contribution in [-0.4, -0.2) is 82.3 Å². The maximum Gasteiger partial charge on any atom is 0.306 e. The fourth-order valence-corrected chi connectivity index (χ4v) is 7.33. The van der Waals surface area contributed by atoms with E-state index in [1.54, 1.807) is 0 Å². The van der Waals surface area contributed by atoms with E-state index < -0.39 is 30.3 Å². The largest absolute Gasteiger partial charge is 0.545 e. The third-order valence-corrected chi connectivity index (χ3v) is 12.0. The van der Waals surface area contributed by atoms with Crippen molar-refractivity contribution in [3.63, 3.8) is 0 Å². The first-order valence-electron chi connectivity index (χ1n) is 31.2. The minimum atomic E-state index is -1.66. The van der Waals surface area contributed by atoms with E-state index in [0.29, 0.717) is 23.9 Å². The van der Waals surface area contributed by atoms with Crippen LogP contribution in [0.15, 0.2) is 207 Å². The molecule has 0 spiro atoms. The van der Waals surface area contributed by atoms with Crippen molar-refractivity contribution in [2.24, 2.45) is 0 Å². The highest BCUT2D eigenvalue weighted by atomic mass is 16.7. The highest BCUT2D eigenvalue weighted by Crippen LogP contribution is 2.11. The third kappa shape index (κ3) is 63.3. The van der Waals surface area contributed by atoms with Crippen molar-refractivity contribution >= 4 is 17.9 Å².